The number of nitrogens with zero attached hydrogens (tertiary/aromatic N) is 4. The molecule has 0 spiro atoms. The van der Waals surface area contributed by atoms with E-state index in [1.165, 1.54) is 11.1 Å². The molecule has 0 saturated carbocycles. The second-order valence-corrected chi connectivity index (χ2v) is 4.38. The van der Waals surface area contributed by atoms with Crippen molar-refractivity contribution < 1.29 is 4.79 Å². The summed E-state index contributed by atoms with van der Waals surface area (Å²) in [5, 5.41) is 10.5. The van der Waals surface area contributed by atoms with E-state index in [0.717, 1.165) is 0 Å². The van der Waals surface area contributed by atoms with E-state index in [1.807, 2.05) is 6.07 Å². The van der Waals surface area contributed by atoms with E-state index in [1.54, 1.807) is 49.6 Å². The predicted molar refractivity (Wildman–Crippen MR) is 79.6 cm³/mol. The Kier molecular flexibility index (Phi) is 4.16. The van der Waals surface area contributed by atoms with Crippen LogP contribution in [0.1, 0.15) is 5.56 Å². The second-order valence-electron chi connectivity index (χ2n) is 4.38. The molecule has 6 heteroatoms. The molecule has 1 amide bonds. The van der Waals surface area contributed by atoms with Crippen LogP contribution in [-0.4, -0.2) is 30.0 Å². The summed E-state index contributed by atoms with van der Waals surface area (Å²) >= 11 is 0. The Morgan fingerprint density at radius 1 is 1.52 bits per heavy atom. The Morgan fingerprint density at radius 3 is 2.81 bits per heavy atom. The number of carbonyl (C=O) groups is 1. The van der Waals surface area contributed by atoms with E-state index in [4.69, 9.17) is 5.26 Å². The van der Waals surface area contributed by atoms with Gasteiger partial charge in [-0.2, -0.15) is 5.26 Å². The summed E-state index contributed by atoms with van der Waals surface area (Å²) in [6.45, 7) is 3.87. The van der Waals surface area contributed by atoms with Gasteiger partial charge < -0.3 is 0 Å². The number of amides is 1. The highest BCUT2D eigenvalue weighted by atomic mass is 16.2. The molecule has 1 aliphatic rings. The smallest absolute Gasteiger partial charge is 0.259 e. The molecular weight excluding hydrogens is 266 g/mol. The van der Waals surface area contributed by atoms with Crippen molar-refractivity contribution in [3.05, 3.63) is 60.1 Å². The fraction of sp³-hybridized carbons (Fsp3) is 0.133. The maximum absolute atomic E-state index is 12.4. The fourth-order valence-electron chi connectivity index (χ4n) is 1.85. The van der Waals surface area contributed by atoms with E-state index >= 15 is 0 Å². The van der Waals surface area contributed by atoms with Crippen LogP contribution in [0.3, 0.4) is 0 Å². The Morgan fingerprint density at radius 2 is 2.29 bits per heavy atom. The van der Waals surface area contributed by atoms with Crippen molar-refractivity contribution in [2.24, 2.45) is 0 Å². The molecule has 106 valence electrons. The van der Waals surface area contributed by atoms with Crippen LogP contribution in [0.25, 0.3) is 0 Å². The summed E-state index contributed by atoms with van der Waals surface area (Å²) in [5.74, 6) is 0.287. The van der Waals surface area contributed by atoms with Crippen LogP contribution in [0.5, 0.6) is 0 Å². The molecule has 1 N–H and O–H groups in total. The van der Waals surface area contributed by atoms with Crippen LogP contribution in [-0.2, 0) is 4.79 Å². The number of hydrogen-bond donors (Lipinski definition) is 1. The highest BCUT2D eigenvalue weighted by Crippen LogP contribution is 2.18. The molecule has 1 aliphatic heterocycles. The lowest BCUT2D eigenvalue weighted by atomic mass is 10.1. The maximum Gasteiger partial charge on any atom is 0.259 e. The summed E-state index contributed by atoms with van der Waals surface area (Å²) in [5.41, 5.74) is 4.56. The normalized spacial score (nSPS) is 13.7. The van der Waals surface area contributed by atoms with Crippen molar-refractivity contribution >= 4 is 11.7 Å². The average Bonchev–Trinajstić information content (AvgIpc) is 2.53. The molecule has 0 aliphatic carbocycles. The van der Waals surface area contributed by atoms with Gasteiger partial charge in [-0.25, -0.2) is 10.4 Å². The van der Waals surface area contributed by atoms with Crippen LogP contribution in [0.4, 0.5) is 5.82 Å². The van der Waals surface area contributed by atoms with Gasteiger partial charge in [0.25, 0.3) is 5.91 Å². The maximum atomic E-state index is 12.4. The lowest BCUT2D eigenvalue weighted by Crippen LogP contribution is -2.33. The zero-order valence-electron chi connectivity index (χ0n) is 11.9. The Bertz CT molecular complexity index is 666. The highest BCUT2D eigenvalue weighted by molar-refractivity contribution is 6.07. The summed E-state index contributed by atoms with van der Waals surface area (Å²) in [4.78, 5) is 17.9. The van der Waals surface area contributed by atoms with Gasteiger partial charge in [0.1, 0.15) is 11.9 Å². The van der Waals surface area contributed by atoms with Crippen molar-refractivity contribution in [1.82, 2.24) is 15.4 Å². The molecule has 0 fully saturated rings. The second kappa shape index (κ2) is 6.03. The summed E-state index contributed by atoms with van der Waals surface area (Å²) < 4.78 is 0. The minimum Gasteiger partial charge on any atom is -0.296 e. The van der Waals surface area contributed by atoms with Gasteiger partial charge in [-0.15, -0.1) is 0 Å². The molecule has 0 atom stereocenters. The van der Waals surface area contributed by atoms with Gasteiger partial charge in [0.15, 0.2) is 0 Å². The standard InChI is InChI=1S/C15H15N5O/c1-11-8-13(6-7-20(11)17-2)15(21)19(3)14-5-4-12(9-16)10-18-14/h4-8,10,17H,1H2,2-3H3. The number of aromatic nitrogens is 1. The van der Waals surface area contributed by atoms with Crippen LogP contribution in [0, 0.1) is 11.3 Å². The molecule has 21 heavy (non-hydrogen) atoms. The number of anilines is 1. The lowest BCUT2D eigenvalue weighted by molar-refractivity contribution is -0.114. The van der Waals surface area contributed by atoms with Crippen molar-refractivity contribution in [3.63, 3.8) is 0 Å². The number of likely N-dealkylation sites (N-methyl/N-ethyl adjacent to an activating group) is 1. The van der Waals surface area contributed by atoms with Gasteiger partial charge in [0, 0.05) is 32.1 Å². The van der Waals surface area contributed by atoms with Crippen LogP contribution >= 0.6 is 0 Å². The molecule has 6 nitrogen and oxygen atoms in total. The van der Waals surface area contributed by atoms with E-state index in [9.17, 15) is 4.79 Å². The summed E-state index contributed by atoms with van der Waals surface area (Å²) in [6.07, 6.45) is 6.56. The molecule has 0 bridgehead atoms. The van der Waals surface area contributed by atoms with Gasteiger partial charge in [-0.05, 0) is 24.3 Å². The quantitative estimate of drug-likeness (QED) is 0.904. The molecule has 0 unspecified atom stereocenters. The average molecular weight is 281 g/mol. The first-order chi connectivity index (χ1) is 10.1. The molecule has 1 aromatic heterocycles. The van der Waals surface area contributed by atoms with E-state index in [2.05, 4.69) is 17.0 Å². The lowest BCUT2D eigenvalue weighted by Gasteiger charge is -2.24. The summed E-state index contributed by atoms with van der Waals surface area (Å²) in [7, 11) is 3.40. The van der Waals surface area contributed by atoms with E-state index in [-0.39, 0.29) is 5.91 Å². The monoisotopic (exact) mass is 281 g/mol. The van der Waals surface area contributed by atoms with E-state index in [0.29, 0.717) is 22.7 Å². The first-order valence-corrected chi connectivity index (χ1v) is 6.26. The number of hydrogen-bond acceptors (Lipinski definition) is 5. The van der Waals surface area contributed by atoms with Crippen molar-refractivity contribution in [2.75, 3.05) is 19.0 Å². The summed E-state index contributed by atoms with van der Waals surface area (Å²) in [6, 6.07) is 5.25. The molecule has 1 aromatic rings. The predicted octanol–water partition coefficient (Wildman–Crippen LogP) is 1.32. The Hall–Kier alpha value is -2.91. The molecule has 0 aromatic carbocycles. The van der Waals surface area contributed by atoms with Gasteiger partial charge in [-0.1, -0.05) is 6.58 Å². The van der Waals surface area contributed by atoms with Gasteiger partial charge >= 0.3 is 0 Å². The number of hydrazine groups is 1. The number of allylic oxidation sites excluding steroid dienone is 1. The van der Waals surface area contributed by atoms with Gasteiger partial charge in [0.2, 0.25) is 0 Å². The number of pyridine rings is 1. The highest BCUT2D eigenvalue weighted by Gasteiger charge is 2.18. The molecule has 2 rings (SSSR count). The van der Waals surface area contributed by atoms with Crippen LogP contribution in [0.2, 0.25) is 0 Å². The third-order valence-electron chi connectivity index (χ3n) is 3.05. The third-order valence-corrected chi connectivity index (χ3v) is 3.05. The fourth-order valence-corrected chi connectivity index (χ4v) is 1.85. The van der Waals surface area contributed by atoms with Crippen LogP contribution < -0.4 is 10.3 Å². The van der Waals surface area contributed by atoms with Crippen LogP contribution in [0.15, 0.2) is 54.5 Å². The minimum atomic E-state index is -0.194. The van der Waals surface area contributed by atoms with Crippen molar-refractivity contribution in [2.45, 2.75) is 0 Å². The third kappa shape index (κ3) is 2.99. The molecular formula is C15H15N5O. The zero-order chi connectivity index (χ0) is 15.4. The molecule has 0 radical (unpaired) electrons. The zero-order valence-corrected chi connectivity index (χ0v) is 11.9. The number of nitrogens with one attached hydrogen (secondary N) is 1. The minimum absolute atomic E-state index is 0.194. The molecule has 0 saturated heterocycles. The van der Waals surface area contributed by atoms with Gasteiger partial charge in [-0.3, -0.25) is 14.7 Å². The Labute approximate surface area is 123 Å². The van der Waals surface area contributed by atoms with Gasteiger partial charge in [0.05, 0.1) is 11.3 Å². The SMILES string of the molecule is C=C1C=C(C(=O)N(C)c2ccc(C#N)cn2)C=CN1NC. The number of rotatable bonds is 3. The first kappa shape index (κ1) is 14.5. The largest absolute Gasteiger partial charge is 0.296 e. The van der Waals surface area contributed by atoms with E-state index < -0.39 is 0 Å². The van der Waals surface area contributed by atoms with Crippen molar-refractivity contribution in [1.29, 1.82) is 5.26 Å². The number of carbonyl (C=O) groups excluding carboxylic acids is 1. The van der Waals surface area contributed by atoms with Crippen molar-refractivity contribution in [3.8, 4) is 6.07 Å². The first-order valence-electron chi connectivity index (χ1n) is 6.26. The number of nitriles is 1. The Balaban J connectivity index is 2.18. The topological polar surface area (TPSA) is 72.3 Å². The molecule has 2 heterocycles.